The Morgan fingerprint density at radius 3 is 1.24 bits per heavy atom. The van der Waals surface area contributed by atoms with Gasteiger partial charge in [-0.1, -0.05) is 115 Å². The van der Waals surface area contributed by atoms with Crippen molar-refractivity contribution in [2.45, 2.75) is 0 Å². The van der Waals surface area contributed by atoms with Crippen LogP contribution in [0.15, 0.2) is 127 Å². The van der Waals surface area contributed by atoms with Crippen LogP contribution in [0.5, 0.6) is 11.5 Å². The molecule has 0 aliphatic rings. The van der Waals surface area contributed by atoms with Crippen LogP contribution in [0.1, 0.15) is 0 Å². The van der Waals surface area contributed by atoms with Crippen LogP contribution < -0.4 is 15.9 Å². The van der Waals surface area contributed by atoms with Crippen molar-refractivity contribution in [1.29, 1.82) is 0 Å². The molecular weight excluding hydrogens is 439 g/mol. The van der Waals surface area contributed by atoms with Gasteiger partial charge < -0.3 is 14.8 Å². The zero-order valence-corrected chi connectivity index (χ0v) is 19.3. The Kier molecular flexibility index (Phi) is 5.79. The number of para-hydroxylation sites is 2. The molecule has 5 aromatic carbocycles. The van der Waals surface area contributed by atoms with Crippen LogP contribution in [-0.2, 0) is 4.57 Å². The third-order valence-electron chi connectivity index (χ3n) is 6.00. The topological polar surface area (TPSA) is 57.5 Å². The maximum Gasteiger partial charge on any atom is 0.178 e. The summed E-state index contributed by atoms with van der Waals surface area (Å²) in [6, 6.07) is 38.6. The lowest BCUT2D eigenvalue weighted by Crippen LogP contribution is -2.26. The van der Waals surface area contributed by atoms with E-state index in [1.807, 2.05) is 91.0 Å². The molecule has 0 radical (unpaired) electrons. The molecule has 34 heavy (non-hydrogen) atoms. The smallest absolute Gasteiger partial charge is 0.178 e. The molecule has 3 nitrogen and oxygen atoms in total. The van der Waals surface area contributed by atoms with Crippen molar-refractivity contribution in [3.05, 3.63) is 127 Å². The van der Waals surface area contributed by atoms with Gasteiger partial charge in [0.2, 0.25) is 0 Å². The minimum atomic E-state index is -3.65. The number of phenols is 2. The van der Waals surface area contributed by atoms with Crippen LogP contribution in [0.25, 0.3) is 22.3 Å². The van der Waals surface area contributed by atoms with Gasteiger partial charge in [0.25, 0.3) is 0 Å². The Hall–Kier alpha value is -4.07. The van der Waals surface area contributed by atoms with Crippen LogP contribution in [0.2, 0.25) is 0 Å². The van der Waals surface area contributed by atoms with E-state index in [1.54, 1.807) is 36.4 Å². The van der Waals surface area contributed by atoms with Gasteiger partial charge in [0, 0.05) is 16.4 Å². The van der Waals surface area contributed by atoms with Gasteiger partial charge in [-0.15, -0.1) is 0 Å². The summed E-state index contributed by atoms with van der Waals surface area (Å²) in [4.78, 5) is 0. The van der Waals surface area contributed by atoms with Gasteiger partial charge in [-0.3, -0.25) is 0 Å². The average molecular weight is 462 g/mol. The molecule has 166 valence electrons. The molecule has 0 aromatic heterocycles. The Labute approximate surface area is 199 Å². The normalized spacial score (nSPS) is 11.3. The zero-order valence-electron chi connectivity index (χ0n) is 18.4. The third-order valence-corrected chi connectivity index (χ3v) is 9.10. The Balaban J connectivity index is 1.80. The first-order valence-electron chi connectivity index (χ1n) is 11.0. The Morgan fingerprint density at radius 1 is 0.441 bits per heavy atom. The number of hydrogen-bond donors (Lipinski definition) is 2. The monoisotopic (exact) mass is 462 g/mol. The van der Waals surface area contributed by atoms with Crippen LogP contribution in [0, 0.1) is 0 Å². The van der Waals surface area contributed by atoms with Gasteiger partial charge in [0.1, 0.15) is 11.5 Å². The Bertz CT molecular complexity index is 1390. The summed E-state index contributed by atoms with van der Waals surface area (Å²) in [5, 5.41) is 24.0. The molecule has 2 N–H and O–H groups in total. The molecule has 0 aliphatic carbocycles. The number of aromatic hydroxyl groups is 2. The molecule has 0 fully saturated rings. The van der Waals surface area contributed by atoms with E-state index in [2.05, 4.69) is 0 Å². The molecular formula is C30H23O3P. The van der Waals surface area contributed by atoms with E-state index in [9.17, 15) is 10.2 Å². The van der Waals surface area contributed by atoms with Gasteiger partial charge in [0.15, 0.2) is 7.14 Å². The number of benzene rings is 5. The van der Waals surface area contributed by atoms with E-state index in [0.29, 0.717) is 27.0 Å². The van der Waals surface area contributed by atoms with Gasteiger partial charge >= 0.3 is 0 Å². The van der Waals surface area contributed by atoms with E-state index >= 15 is 4.57 Å². The van der Waals surface area contributed by atoms with Crippen LogP contribution in [0.3, 0.4) is 0 Å². The van der Waals surface area contributed by atoms with E-state index in [-0.39, 0.29) is 11.5 Å². The van der Waals surface area contributed by atoms with E-state index < -0.39 is 7.14 Å². The molecule has 4 heteroatoms. The molecule has 0 atom stereocenters. The van der Waals surface area contributed by atoms with Crippen molar-refractivity contribution in [3.8, 4) is 33.8 Å². The molecule has 5 aromatic rings. The largest absolute Gasteiger partial charge is 0.506 e. The van der Waals surface area contributed by atoms with E-state index in [4.69, 9.17) is 0 Å². The summed E-state index contributed by atoms with van der Waals surface area (Å²) in [5.74, 6) is -0.101. The van der Waals surface area contributed by atoms with Crippen molar-refractivity contribution in [3.63, 3.8) is 0 Å². The second-order valence-electron chi connectivity index (χ2n) is 8.02. The molecule has 0 amide bonds. The molecule has 0 heterocycles. The zero-order chi connectivity index (χ0) is 23.5. The molecule has 0 bridgehead atoms. The molecule has 0 saturated carbocycles. The summed E-state index contributed by atoms with van der Waals surface area (Å²) in [6.45, 7) is 0. The lowest BCUT2D eigenvalue weighted by molar-refractivity contribution is 0.479. The summed E-state index contributed by atoms with van der Waals surface area (Å²) >= 11 is 0. The van der Waals surface area contributed by atoms with Crippen molar-refractivity contribution >= 4 is 23.1 Å². The fraction of sp³-hybridized carbons (Fsp3) is 0. The number of rotatable bonds is 5. The fourth-order valence-electron chi connectivity index (χ4n) is 4.32. The SMILES string of the molecule is O=P(c1ccccc1)(c1cccc(-c2ccccc2)c1O)c1cccc(-c2ccccc2)c1O. The molecule has 5 rings (SSSR count). The average Bonchev–Trinajstić information content (AvgIpc) is 2.90. The maximum absolute atomic E-state index is 15.1. The molecule has 0 spiro atoms. The van der Waals surface area contributed by atoms with Gasteiger partial charge in [0.05, 0.1) is 10.6 Å². The minimum Gasteiger partial charge on any atom is -0.506 e. The highest BCUT2D eigenvalue weighted by Gasteiger charge is 2.36. The molecule has 0 aliphatic heterocycles. The molecule has 0 saturated heterocycles. The second kappa shape index (κ2) is 9.05. The summed E-state index contributed by atoms with van der Waals surface area (Å²) in [5.41, 5.74) is 2.83. The molecule has 0 unspecified atom stereocenters. The first kappa shape index (κ1) is 21.8. The Morgan fingerprint density at radius 2 is 0.824 bits per heavy atom. The highest BCUT2D eigenvalue weighted by Crippen LogP contribution is 2.50. The van der Waals surface area contributed by atoms with Crippen molar-refractivity contribution in [2.24, 2.45) is 0 Å². The summed E-state index contributed by atoms with van der Waals surface area (Å²) < 4.78 is 15.1. The van der Waals surface area contributed by atoms with Crippen molar-refractivity contribution in [2.75, 3.05) is 0 Å². The standard InChI is InChI=1S/C30H23O3P/c31-29-25(22-12-4-1-5-13-22)18-10-20-27(29)34(33,24-16-8-3-9-17-24)28-21-11-19-26(30(28)32)23-14-6-2-7-15-23/h1-21,31-32H. The van der Waals surface area contributed by atoms with Crippen molar-refractivity contribution < 1.29 is 14.8 Å². The quantitative estimate of drug-likeness (QED) is 0.312. The highest BCUT2D eigenvalue weighted by atomic mass is 31.2. The summed E-state index contributed by atoms with van der Waals surface area (Å²) in [6.07, 6.45) is 0. The van der Waals surface area contributed by atoms with Crippen LogP contribution in [-0.4, -0.2) is 10.2 Å². The third kappa shape index (κ3) is 3.71. The fourth-order valence-corrected chi connectivity index (χ4v) is 7.16. The van der Waals surface area contributed by atoms with Gasteiger partial charge in [-0.2, -0.15) is 0 Å². The first-order valence-corrected chi connectivity index (χ1v) is 12.7. The number of phenolic OH excluding ortho intramolecular Hbond substituents is 2. The predicted octanol–water partition coefficient (Wildman–Crippen LogP) is 6.07. The second-order valence-corrected chi connectivity index (χ2v) is 10.7. The van der Waals surface area contributed by atoms with E-state index in [0.717, 1.165) is 11.1 Å². The van der Waals surface area contributed by atoms with Crippen LogP contribution >= 0.6 is 7.14 Å². The maximum atomic E-state index is 15.1. The lowest BCUT2D eigenvalue weighted by Gasteiger charge is -2.24. The van der Waals surface area contributed by atoms with Crippen molar-refractivity contribution in [1.82, 2.24) is 0 Å². The highest BCUT2D eigenvalue weighted by molar-refractivity contribution is 7.85. The first-order chi connectivity index (χ1) is 16.6. The van der Waals surface area contributed by atoms with Gasteiger partial charge in [-0.05, 0) is 23.3 Å². The lowest BCUT2D eigenvalue weighted by atomic mass is 10.0. The minimum absolute atomic E-state index is 0.0506. The van der Waals surface area contributed by atoms with E-state index in [1.165, 1.54) is 0 Å². The van der Waals surface area contributed by atoms with Crippen LogP contribution in [0.4, 0.5) is 0 Å². The van der Waals surface area contributed by atoms with Gasteiger partial charge in [-0.25, -0.2) is 0 Å². The summed E-state index contributed by atoms with van der Waals surface area (Å²) in [7, 11) is -3.65. The predicted molar refractivity (Wildman–Crippen MR) is 140 cm³/mol. The number of hydrogen-bond acceptors (Lipinski definition) is 3.